The number of pyridine rings is 1. The van der Waals surface area contributed by atoms with E-state index in [1.807, 2.05) is 31.2 Å². The van der Waals surface area contributed by atoms with E-state index >= 15 is 0 Å². The monoisotopic (exact) mass is 374 g/mol. The average molecular weight is 374 g/mol. The van der Waals surface area contributed by atoms with Crippen molar-refractivity contribution >= 4 is 5.97 Å². The van der Waals surface area contributed by atoms with Gasteiger partial charge in [0.05, 0.1) is 5.56 Å². The van der Waals surface area contributed by atoms with Gasteiger partial charge in [0.1, 0.15) is 0 Å². The molecule has 0 bridgehead atoms. The first kappa shape index (κ1) is 18.2. The molecule has 28 heavy (non-hydrogen) atoms. The largest absolute Gasteiger partial charge is 0.478 e. The van der Waals surface area contributed by atoms with E-state index in [1.54, 1.807) is 24.3 Å². The van der Waals surface area contributed by atoms with Crippen molar-refractivity contribution < 1.29 is 9.90 Å². The Labute approximate surface area is 163 Å². The van der Waals surface area contributed by atoms with Gasteiger partial charge in [0.15, 0.2) is 5.43 Å². The highest BCUT2D eigenvalue weighted by Gasteiger charge is 2.28. The second-order valence-electron chi connectivity index (χ2n) is 7.39. The molecular formula is C23H22N2O3. The summed E-state index contributed by atoms with van der Waals surface area (Å²) in [5, 5.41) is 9.36. The smallest absolute Gasteiger partial charge is 0.336 e. The van der Waals surface area contributed by atoms with Crippen molar-refractivity contribution in [1.82, 2.24) is 9.88 Å². The molecule has 0 atom stereocenters. The van der Waals surface area contributed by atoms with Gasteiger partial charge in [-0.05, 0) is 29.7 Å². The van der Waals surface area contributed by atoms with Gasteiger partial charge in [-0.3, -0.25) is 9.69 Å². The second kappa shape index (κ2) is 7.44. The predicted molar refractivity (Wildman–Crippen MR) is 109 cm³/mol. The standard InChI is InChI=1S/C23H22N2O3/c1-15-10-19(26)11-22(24-15)18-13-25(14-18)12-16-6-8-17(9-7-16)20-4-2-3-5-21(20)23(27)28/h2-11,18H,12-14H2,1H3,(H,24,26)(H,27,28). The maximum atomic E-state index is 11.7. The fourth-order valence-corrected chi connectivity index (χ4v) is 3.79. The number of nitrogens with zero attached hydrogens (tertiary/aromatic N) is 1. The highest BCUT2D eigenvalue weighted by atomic mass is 16.4. The molecule has 0 unspecified atom stereocenters. The lowest BCUT2D eigenvalue weighted by atomic mass is 9.94. The van der Waals surface area contributed by atoms with Crippen molar-refractivity contribution in [2.45, 2.75) is 19.4 Å². The minimum atomic E-state index is -0.916. The van der Waals surface area contributed by atoms with Crippen LogP contribution in [-0.2, 0) is 6.54 Å². The first-order valence-corrected chi connectivity index (χ1v) is 9.34. The summed E-state index contributed by atoms with van der Waals surface area (Å²) >= 11 is 0. The average Bonchev–Trinajstić information content (AvgIpc) is 2.64. The van der Waals surface area contributed by atoms with Gasteiger partial charge in [-0.15, -0.1) is 0 Å². The third-order valence-electron chi connectivity index (χ3n) is 5.22. The number of carbonyl (C=O) groups is 1. The third-order valence-corrected chi connectivity index (χ3v) is 5.22. The second-order valence-corrected chi connectivity index (χ2v) is 7.39. The number of benzene rings is 2. The number of H-pyrrole nitrogens is 1. The van der Waals surface area contributed by atoms with Gasteiger partial charge in [-0.2, -0.15) is 0 Å². The van der Waals surface area contributed by atoms with Crippen LogP contribution >= 0.6 is 0 Å². The maximum Gasteiger partial charge on any atom is 0.336 e. The van der Waals surface area contributed by atoms with E-state index < -0.39 is 5.97 Å². The van der Waals surface area contributed by atoms with Crippen LogP contribution in [0.15, 0.2) is 65.5 Å². The Morgan fingerprint density at radius 2 is 1.82 bits per heavy atom. The molecule has 0 aliphatic carbocycles. The number of aromatic nitrogens is 1. The maximum absolute atomic E-state index is 11.7. The van der Waals surface area contributed by atoms with E-state index in [0.717, 1.165) is 42.1 Å². The number of nitrogens with one attached hydrogen (secondary N) is 1. The van der Waals surface area contributed by atoms with Crippen LogP contribution in [0.3, 0.4) is 0 Å². The molecule has 2 N–H and O–H groups in total. The molecule has 1 fully saturated rings. The van der Waals surface area contributed by atoms with E-state index in [9.17, 15) is 14.7 Å². The van der Waals surface area contributed by atoms with Crippen LogP contribution in [-0.4, -0.2) is 34.0 Å². The van der Waals surface area contributed by atoms with Gasteiger partial charge in [0.25, 0.3) is 0 Å². The zero-order valence-corrected chi connectivity index (χ0v) is 15.7. The van der Waals surface area contributed by atoms with E-state index in [0.29, 0.717) is 11.5 Å². The minimum Gasteiger partial charge on any atom is -0.478 e. The van der Waals surface area contributed by atoms with Crippen molar-refractivity contribution in [3.63, 3.8) is 0 Å². The van der Waals surface area contributed by atoms with Crippen molar-refractivity contribution in [3.8, 4) is 11.1 Å². The summed E-state index contributed by atoms with van der Waals surface area (Å²) in [6, 6.07) is 18.4. The van der Waals surface area contributed by atoms with Crippen LogP contribution in [0.2, 0.25) is 0 Å². The fourth-order valence-electron chi connectivity index (χ4n) is 3.79. The number of likely N-dealkylation sites (tertiary alicyclic amines) is 1. The molecule has 2 aromatic carbocycles. The quantitative estimate of drug-likeness (QED) is 0.715. The molecule has 3 aromatic rings. The fraction of sp³-hybridized carbons (Fsp3) is 0.217. The number of carboxylic acid groups (broad SMARTS) is 1. The Morgan fingerprint density at radius 3 is 2.50 bits per heavy atom. The van der Waals surface area contributed by atoms with Gasteiger partial charge >= 0.3 is 5.97 Å². The minimum absolute atomic E-state index is 0.0573. The van der Waals surface area contributed by atoms with E-state index in [2.05, 4.69) is 22.0 Å². The SMILES string of the molecule is Cc1cc(=O)cc(C2CN(Cc3ccc(-c4ccccc4C(=O)O)cc3)C2)[nH]1. The van der Waals surface area contributed by atoms with Gasteiger partial charge in [0, 0.05) is 49.1 Å². The molecule has 142 valence electrons. The first-order valence-electron chi connectivity index (χ1n) is 9.34. The third kappa shape index (κ3) is 3.75. The molecule has 2 heterocycles. The number of hydrogen-bond acceptors (Lipinski definition) is 3. The molecular weight excluding hydrogens is 352 g/mol. The van der Waals surface area contributed by atoms with Crippen LogP contribution in [0.4, 0.5) is 0 Å². The Kier molecular flexibility index (Phi) is 4.84. The van der Waals surface area contributed by atoms with Crippen LogP contribution in [0, 0.1) is 6.92 Å². The van der Waals surface area contributed by atoms with Gasteiger partial charge < -0.3 is 10.1 Å². The Hall–Kier alpha value is -3.18. The summed E-state index contributed by atoms with van der Waals surface area (Å²) in [6.07, 6.45) is 0. The number of carboxylic acids is 1. The summed E-state index contributed by atoms with van der Waals surface area (Å²) in [5.74, 6) is -0.546. The van der Waals surface area contributed by atoms with Gasteiger partial charge in [-0.1, -0.05) is 42.5 Å². The van der Waals surface area contributed by atoms with Crippen LogP contribution in [0.1, 0.15) is 33.2 Å². The molecule has 1 aliphatic heterocycles. The van der Waals surface area contributed by atoms with Crippen molar-refractivity contribution in [2.75, 3.05) is 13.1 Å². The van der Waals surface area contributed by atoms with Crippen molar-refractivity contribution in [1.29, 1.82) is 0 Å². The lowest BCUT2D eigenvalue weighted by molar-refractivity contribution is 0.0697. The van der Waals surface area contributed by atoms with E-state index in [1.165, 1.54) is 5.56 Å². The zero-order chi connectivity index (χ0) is 19.7. The normalized spacial score (nSPS) is 14.6. The van der Waals surface area contributed by atoms with E-state index in [4.69, 9.17) is 0 Å². The summed E-state index contributed by atoms with van der Waals surface area (Å²) in [4.78, 5) is 28.7. The lowest BCUT2D eigenvalue weighted by Crippen LogP contribution is -2.44. The summed E-state index contributed by atoms with van der Waals surface area (Å²) in [5.41, 5.74) is 5.11. The molecule has 4 rings (SSSR count). The Balaban J connectivity index is 1.41. The lowest BCUT2D eigenvalue weighted by Gasteiger charge is -2.39. The highest BCUT2D eigenvalue weighted by Crippen LogP contribution is 2.28. The van der Waals surface area contributed by atoms with Gasteiger partial charge in [-0.25, -0.2) is 4.79 Å². The number of rotatable bonds is 5. The topological polar surface area (TPSA) is 73.4 Å². The number of hydrogen-bond donors (Lipinski definition) is 2. The molecule has 1 saturated heterocycles. The number of aromatic amines is 1. The zero-order valence-electron chi connectivity index (χ0n) is 15.7. The molecule has 0 amide bonds. The molecule has 1 aromatic heterocycles. The summed E-state index contributed by atoms with van der Waals surface area (Å²) in [6.45, 7) is 4.59. The Bertz CT molecular complexity index is 1060. The molecule has 0 radical (unpaired) electrons. The van der Waals surface area contributed by atoms with Gasteiger partial charge in [0.2, 0.25) is 0 Å². The van der Waals surface area contributed by atoms with Crippen LogP contribution in [0.25, 0.3) is 11.1 Å². The molecule has 5 nitrogen and oxygen atoms in total. The molecule has 5 heteroatoms. The first-order chi connectivity index (χ1) is 13.5. The number of aromatic carboxylic acids is 1. The Morgan fingerprint density at radius 1 is 1.11 bits per heavy atom. The van der Waals surface area contributed by atoms with Crippen LogP contribution < -0.4 is 5.43 Å². The summed E-state index contributed by atoms with van der Waals surface area (Å²) < 4.78 is 0. The molecule has 0 saturated carbocycles. The highest BCUT2D eigenvalue weighted by molar-refractivity contribution is 5.95. The summed E-state index contributed by atoms with van der Waals surface area (Å²) in [7, 11) is 0. The van der Waals surface area contributed by atoms with Crippen molar-refractivity contribution in [2.24, 2.45) is 0 Å². The van der Waals surface area contributed by atoms with Crippen LogP contribution in [0.5, 0.6) is 0 Å². The molecule has 1 aliphatic rings. The molecule has 0 spiro atoms. The van der Waals surface area contributed by atoms with E-state index in [-0.39, 0.29) is 5.43 Å². The number of aryl methyl sites for hydroxylation is 1. The predicted octanol–water partition coefficient (Wildman–Crippen LogP) is 3.65. The van der Waals surface area contributed by atoms with Crippen molar-refractivity contribution in [3.05, 3.63) is 93.4 Å².